The highest BCUT2D eigenvalue weighted by Crippen LogP contribution is 2.35. The number of fused-ring (bicyclic) bond motifs is 1. The summed E-state index contributed by atoms with van der Waals surface area (Å²) in [6.07, 6.45) is 1.67. The molecule has 0 atom stereocenters. The van der Waals surface area contributed by atoms with E-state index >= 15 is 0 Å². The van der Waals surface area contributed by atoms with Crippen LogP contribution >= 0.6 is 11.8 Å². The summed E-state index contributed by atoms with van der Waals surface area (Å²) in [5.74, 6) is -0.391. The number of amides is 2. The maximum atomic E-state index is 12.7. The van der Waals surface area contributed by atoms with Gasteiger partial charge in [-0.25, -0.2) is 0 Å². The summed E-state index contributed by atoms with van der Waals surface area (Å²) in [7, 11) is 1.60. The molecule has 6 nitrogen and oxygen atoms in total. The van der Waals surface area contributed by atoms with Crippen LogP contribution in [0.4, 0.5) is 4.79 Å². The number of thioether (sulfide) groups is 1. The van der Waals surface area contributed by atoms with Crippen LogP contribution in [0.5, 0.6) is 5.75 Å². The Morgan fingerprint density at radius 2 is 1.79 bits per heavy atom. The molecular formula is C21H21NO5S. The molecule has 3 rings (SSSR count). The fourth-order valence-electron chi connectivity index (χ4n) is 2.88. The number of nitrogens with zero attached hydrogens (tertiary/aromatic N) is 1. The first-order valence-corrected chi connectivity index (χ1v) is 9.54. The van der Waals surface area contributed by atoms with E-state index in [1.807, 2.05) is 36.4 Å². The zero-order chi connectivity index (χ0) is 20.5. The summed E-state index contributed by atoms with van der Waals surface area (Å²) < 4.78 is 10.6. The molecular weight excluding hydrogens is 378 g/mol. The van der Waals surface area contributed by atoms with E-state index in [1.165, 1.54) is 0 Å². The zero-order valence-corrected chi connectivity index (χ0v) is 17.0. The number of benzene rings is 2. The van der Waals surface area contributed by atoms with Crippen molar-refractivity contribution in [1.29, 1.82) is 0 Å². The SMILES string of the molecule is COc1ccc(C=C2SC(=O)N(CC(=O)OC(C)(C)C)C2=O)c2ccccc12. The number of hydrogen-bond acceptors (Lipinski definition) is 6. The molecule has 0 radical (unpaired) electrons. The van der Waals surface area contributed by atoms with Gasteiger partial charge in [-0.15, -0.1) is 0 Å². The molecule has 0 N–H and O–H groups in total. The number of carbonyl (C=O) groups excluding carboxylic acids is 3. The van der Waals surface area contributed by atoms with E-state index < -0.39 is 29.3 Å². The van der Waals surface area contributed by atoms with E-state index in [4.69, 9.17) is 9.47 Å². The molecule has 2 amide bonds. The van der Waals surface area contributed by atoms with E-state index in [0.717, 1.165) is 38.7 Å². The van der Waals surface area contributed by atoms with E-state index in [-0.39, 0.29) is 4.91 Å². The Labute approximate surface area is 167 Å². The average Bonchev–Trinajstić information content (AvgIpc) is 2.88. The van der Waals surface area contributed by atoms with Gasteiger partial charge in [0.1, 0.15) is 17.9 Å². The highest BCUT2D eigenvalue weighted by Gasteiger charge is 2.37. The number of hydrogen-bond donors (Lipinski definition) is 0. The van der Waals surface area contributed by atoms with Crippen molar-refractivity contribution in [3.63, 3.8) is 0 Å². The minimum atomic E-state index is -0.684. The Balaban J connectivity index is 1.88. The van der Waals surface area contributed by atoms with Gasteiger partial charge in [0.2, 0.25) is 0 Å². The standard InChI is InChI=1S/C21H21NO5S/c1-21(2,3)27-18(23)12-22-19(24)17(28-20(22)25)11-13-9-10-16(26-4)15-8-6-5-7-14(13)15/h5-11H,12H2,1-4H3. The predicted octanol–water partition coefficient (Wildman–Crippen LogP) is 4.23. The first-order valence-electron chi connectivity index (χ1n) is 8.72. The normalized spacial score (nSPS) is 16.1. The van der Waals surface area contributed by atoms with Crippen LogP contribution in [0.1, 0.15) is 26.3 Å². The van der Waals surface area contributed by atoms with Gasteiger partial charge >= 0.3 is 5.97 Å². The number of rotatable bonds is 4. The molecule has 1 fully saturated rings. The Kier molecular flexibility index (Phi) is 5.47. The van der Waals surface area contributed by atoms with Crippen molar-refractivity contribution in [2.24, 2.45) is 0 Å². The van der Waals surface area contributed by atoms with Crippen LogP contribution in [0.3, 0.4) is 0 Å². The van der Waals surface area contributed by atoms with Gasteiger partial charge in [-0.1, -0.05) is 30.3 Å². The number of ether oxygens (including phenoxy) is 2. The van der Waals surface area contributed by atoms with Crippen molar-refractivity contribution < 1.29 is 23.9 Å². The molecule has 28 heavy (non-hydrogen) atoms. The van der Waals surface area contributed by atoms with Gasteiger partial charge < -0.3 is 9.47 Å². The van der Waals surface area contributed by atoms with Gasteiger partial charge in [-0.3, -0.25) is 19.3 Å². The maximum absolute atomic E-state index is 12.7. The van der Waals surface area contributed by atoms with Crippen molar-refractivity contribution in [1.82, 2.24) is 4.90 Å². The summed E-state index contributed by atoms with van der Waals surface area (Å²) in [6, 6.07) is 11.3. The van der Waals surface area contributed by atoms with Crippen LogP contribution in [-0.2, 0) is 14.3 Å². The summed E-state index contributed by atoms with van der Waals surface area (Å²) in [4.78, 5) is 38.1. The molecule has 1 aliphatic heterocycles. The molecule has 146 valence electrons. The summed E-state index contributed by atoms with van der Waals surface area (Å²) in [6.45, 7) is 4.79. The highest BCUT2D eigenvalue weighted by atomic mass is 32.2. The third-order valence-electron chi connectivity index (χ3n) is 4.01. The highest BCUT2D eigenvalue weighted by molar-refractivity contribution is 8.18. The summed E-state index contributed by atoms with van der Waals surface area (Å²) in [5.41, 5.74) is 0.107. The van der Waals surface area contributed by atoms with Crippen molar-refractivity contribution in [3.05, 3.63) is 46.9 Å². The third kappa shape index (κ3) is 4.20. The monoisotopic (exact) mass is 399 g/mol. The lowest BCUT2D eigenvalue weighted by molar-refractivity contribution is -0.156. The lowest BCUT2D eigenvalue weighted by atomic mass is 10.0. The van der Waals surface area contributed by atoms with Gasteiger partial charge in [-0.2, -0.15) is 0 Å². The molecule has 1 heterocycles. The topological polar surface area (TPSA) is 72.9 Å². The van der Waals surface area contributed by atoms with Gasteiger partial charge in [0.15, 0.2) is 0 Å². The maximum Gasteiger partial charge on any atom is 0.326 e. The first-order chi connectivity index (χ1) is 13.2. The molecule has 0 aliphatic carbocycles. The molecule has 0 unspecified atom stereocenters. The van der Waals surface area contributed by atoms with Crippen molar-refractivity contribution in [2.45, 2.75) is 26.4 Å². The third-order valence-corrected chi connectivity index (χ3v) is 4.91. The molecule has 0 bridgehead atoms. The molecule has 1 aliphatic rings. The number of methoxy groups -OCH3 is 1. The van der Waals surface area contributed by atoms with Crippen LogP contribution < -0.4 is 4.74 Å². The Bertz CT molecular complexity index is 990. The quantitative estimate of drug-likeness (QED) is 0.566. The summed E-state index contributed by atoms with van der Waals surface area (Å²) >= 11 is 0.815. The molecule has 2 aromatic carbocycles. The average molecular weight is 399 g/mol. The van der Waals surface area contributed by atoms with E-state index in [0.29, 0.717) is 0 Å². The smallest absolute Gasteiger partial charge is 0.326 e. The lowest BCUT2D eigenvalue weighted by Gasteiger charge is -2.21. The van der Waals surface area contributed by atoms with Crippen LogP contribution in [-0.4, -0.2) is 41.3 Å². The van der Waals surface area contributed by atoms with Gasteiger partial charge in [-0.05, 0) is 55.6 Å². The fraction of sp³-hybridized carbons (Fsp3) is 0.286. The van der Waals surface area contributed by atoms with Crippen LogP contribution in [0.25, 0.3) is 16.8 Å². The van der Waals surface area contributed by atoms with Crippen molar-refractivity contribution >= 4 is 45.7 Å². The molecule has 7 heteroatoms. The fourth-order valence-corrected chi connectivity index (χ4v) is 3.71. The molecule has 1 saturated heterocycles. The van der Waals surface area contributed by atoms with Crippen LogP contribution in [0.15, 0.2) is 41.3 Å². The van der Waals surface area contributed by atoms with E-state index in [1.54, 1.807) is 34.0 Å². The lowest BCUT2D eigenvalue weighted by Crippen LogP contribution is -2.37. The molecule has 2 aromatic rings. The Morgan fingerprint density at radius 1 is 1.11 bits per heavy atom. The second kappa shape index (κ2) is 7.67. The largest absolute Gasteiger partial charge is 0.496 e. The van der Waals surface area contributed by atoms with Gasteiger partial charge in [0.25, 0.3) is 11.1 Å². The first kappa shape index (κ1) is 19.9. The van der Waals surface area contributed by atoms with E-state index in [2.05, 4.69) is 0 Å². The number of carbonyl (C=O) groups is 3. The number of esters is 1. The van der Waals surface area contributed by atoms with Gasteiger partial charge in [0, 0.05) is 5.39 Å². The Morgan fingerprint density at radius 3 is 2.43 bits per heavy atom. The second-order valence-corrected chi connectivity index (χ2v) is 8.25. The zero-order valence-electron chi connectivity index (χ0n) is 16.1. The predicted molar refractivity (Wildman–Crippen MR) is 109 cm³/mol. The molecule has 0 saturated carbocycles. The van der Waals surface area contributed by atoms with Crippen LogP contribution in [0.2, 0.25) is 0 Å². The van der Waals surface area contributed by atoms with Crippen molar-refractivity contribution in [3.8, 4) is 5.75 Å². The van der Waals surface area contributed by atoms with Crippen LogP contribution in [0, 0.1) is 0 Å². The molecule has 0 spiro atoms. The Hall–Kier alpha value is -2.80. The minimum Gasteiger partial charge on any atom is -0.496 e. The second-order valence-electron chi connectivity index (χ2n) is 7.26. The van der Waals surface area contributed by atoms with E-state index in [9.17, 15) is 14.4 Å². The molecule has 0 aromatic heterocycles. The van der Waals surface area contributed by atoms with Gasteiger partial charge in [0.05, 0.1) is 12.0 Å². The number of imide groups is 1. The van der Waals surface area contributed by atoms with Crippen molar-refractivity contribution in [2.75, 3.05) is 13.7 Å². The minimum absolute atomic E-state index is 0.267. The summed E-state index contributed by atoms with van der Waals surface area (Å²) in [5, 5.41) is 1.33.